The second-order valence-corrected chi connectivity index (χ2v) is 5.41. The van der Waals surface area contributed by atoms with Gasteiger partial charge >= 0.3 is 0 Å². The summed E-state index contributed by atoms with van der Waals surface area (Å²) in [7, 11) is 0. The summed E-state index contributed by atoms with van der Waals surface area (Å²) < 4.78 is 2.17. The van der Waals surface area contributed by atoms with Crippen LogP contribution in [0.1, 0.15) is 38.4 Å². The Morgan fingerprint density at radius 3 is 3.25 bits per heavy atom. The fraction of sp³-hybridized carbons (Fsp3) is 0.733. The summed E-state index contributed by atoms with van der Waals surface area (Å²) >= 11 is 0. The van der Waals surface area contributed by atoms with Crippen LogP contribution in [-0.4, -0.2) is 35.1 Å². The van der Waals surface area contributed by atoms with Gasteiger partial charge in [-0.05, 0) is 38.8 Å². The van der Waals surface area contributed by atoms with E-state index in [1.165, 1.54) is 0 Å². The lowest BCUT2D eigenvalue weighted by molar-refractivity contribution is -0.125. The number of amides is 1. The van der Waals surface area contributed by atoms with Gasteiger partial charge in [0, 0.05) is 37.8 Å². The molecule has 1 aromatic rings. The summed E-state index contributed by atoms with van der Waals surface area (Å²) in [5, 5.41) is 6.42. The summed E-state index contributed by atoms with van der Waals surface area (Å²) in [5.41, 5.74) is 0. The molecule has 1 aliphatic rings. The van der Waals surface area contributed by atoms with Gasteiger partial charge in [0.25, 0.3) is 0 Å². The molecule has 1 amide bonds. The van der Waals surface area contributed by atoms with Crippen LogP contribution in [0, 0.1) is 5.92 Å². The Morgan fingerprint density at radius 2 is 2.40 bits per heavy atom. The van der Waals surface area contributed by atoms with Crippen molar-refractivity contribution in [2.75, 3.05) is 19.6 Å². The molecule has 5 heteroatoms. The van der Waals surface area contributed by atoms with Gasteiger partial charge in [-0.25, -0.2) is 4.98 Å². The van der Waals surface area contributed by atoms with Gasteiger partial charge in [-0.2, -0.15) is 0 Å². The molecule has 0 aliphatic carbocycles. The lowest BCUT2D eigenvalue weighted by Gasteiger charge is -2.14. The Hall–Kier alpha value is -1.36. The number of carbonyl (C=O) groups excluding carboxylic acids is 1. The molecule has 5 nitrogen and oxygen atoms in total. The average Bonchev–Trinajstić information content (AvgIpc) is 2.74. The Labute approximate surface area is 121 Å². The molecule has 1 aliphatic heterocycles. The topological polar surface area (TPSA) is 59.0 Å². The van der Waals surface area contributed by atoms with E-state index in [1.54, 1.807) is 0 Å². The second-order valence-electron chi connectivity index (χ2n) is 5.41. The van der Waals surface area contributed by atoms with Crippen molar-refractivity contribution in [3.63, 3.8) is 0 Å². The first-order valence-corrected chi connectivity index (χ1v) is 7.79. The Kier molecular flexibility index (Phi) is 6.05. The molecule has 20 heavy (non-hydrogen) atoms. The number of carbonyl (C=O) groups is 1. The monoisotopic (exact) mass is 278 g/mol. The maximum absolute atomic E-state index is 12.1. The fourth-order valence-electron chi connectivity index (χ4n) is 2.74. The molecule has 1 atom stereocenters. The summed E-state index contributed by atoms with van der Waals surface area (Å²) in [6.45, 7) is 5.80. The third-order valence-corrected chi connectivity index (χ3v) is 3.94. The predicted molar refractivity (Wildman–Crippen MR) is 79.4 cm³/mol. The number of hydrogen-bond donors (Lipinski definition) is 2. The first-order valence-electron chi connectivity index (χ1n) is 7.79. The van der Waals surface area contributed by atoms with Gasteiger partial charge in [0.15, 0.2) is 0 Å². The molecule has 0 aromatic carbocycles. The third kappa shape index (κ3) is 4.34. The molecule has 0 unspecified atom stereocenters. The molecular formula is C15H26N4O. The van der Waals surface area contributed by atoms with Crippen LogP contribution >= 0.6 is 0 Å². The Bertz CT molecular complexity index is 408. The van der Waals surface area contributed by atoms with E-state index in [2.05, 4.69) is 27.1 Å². The van der Waals surface area contributed by atoms with E-state index in [9.17, 15) is 4.79 Å². The van der Waals surface area contributed by atoms with Gasteiger partial charge in [0.05, 0.1) is 0 Å². The normalized spacial score (nSPS) is 19.6. The summed E-state index contributed by atoms with van der Waals surface area (Å²) in [4.78, 5) is 16.4. The van der Waals surface area contributed by atoms with Gasteiger partial charge in [-0.1, -0.05) is 6.92 Å². The number of hydrogen-bond acceptors (Lipinski definition) is 3. The van der Waals surface area contributed by atoms with E-state index in [1.807, 2.05) is 12.4 Å². The molecule has 2 N–H and O–H groups in total. The van der Waals surface area contributed by atoms with Gasteiger partial charge in [-0.15, -0.1) is 0 Å². The van der Waals surface area contributed by atoms with Crippen LogP contribution in [0.2, 0.25) is 0 Å². The molecule has 1 saturated heterocycles. The maximum Gasteiger partial charge on any atom is 0.223 e. The van der Waals surface area contributed by atoms with Crippen LogP contribution < -0.4 is 10.6 Å². The van der Waals surface area contributed by atoms with Crippen molar-refractivity contribution in [3.05, 3.63) is 18.2 Å². The SMILES string of the molecule is CCc1nccn1CCCNC(=O)[C@H]1CCCNCC1. The third-order valence-electron chi connectivity index (χ3n) is 3.94. The lowest BCUT2D eigenvalue weighted by Crippen LogP contribution is -2.32. The molecule has 0 spiro atoms. The Morgan fingerprint density at radius 1 is 1.50 bits per heavy atom. The predicted octanol–water partition coefficient (Wildman–Crippen LogP) is 1.34. The zero-order valence-electron chi connectivity index (χ0n) is 12.4. The van der Waals surface area contributed by atoms with Crippen LogP contribution in [0.4, 0.5) is 0 Å². The molecule has 2 heterocycles. The van der Waals surface area contributed by atoms with E-state index >= 15 is 0 Å². The molecule has 0 saturated carbocycles. The summed E-state index contributed by atoms with van der Waals surface area (Å²) in [6.07, 6.45) is 8.85. The molecule has 0 bridgehead atoms. The molecule has 112 valence electrons. The van der Waals surface area contributed by atoms with E-state index < -0.39 is 0 Å². The zero-order chi connectivity index (χ0) is 14.2. The highest BCUT2D eigenvalue weighted by atomic mass is 16.1. The largest absolute Gasteiger partial charge is 0.356 e. The van der Waals surface area contributed by atoms with Gasteiger partial charge in [0.1, 0.15) is 5.82 Å². The highest BCUT2D eigenvalue weighted by Crippen LogP contribution is 2.13. The van der Waals surface area contributed by atoms with Gasteiger partial charge < -0.3 is 15.2 Å². The van der Waals surface area contributed by atoms with Crippen LogP contribution in [0.3, 0.4) is 0 Å². The van der Waals surface area contributed by atoms with Crippen LogP contribution in [0.5, 0.6) is 0 Å². The highest BCUT2D eigenvalue weighted by Gasteiger charge is 2.19. The molecule has 0 radical (unpaired) electrons. The van der Waals surface area contributed by atoms with Crippen molar-refractivity contribution in [2.24, 2.45) is 5.92 Å². The zero-order valence-corrected chi connectivity index (χ0v) is 12.4. The molecule has 1 aromatic heterocycles. The van der Waals surface area contributed by atoms with Crippen LogP contribution in [-0.2, 0) is 17.8 Å². The van der Waals surface area contributed by atoms with Crippen molar-refractivity contribution in [1.29, 1.82) is 0 Å². The summed E-state index contributed by atoms with van der Waals surface area (Å²) in [6, 6.07) is 0. The van der Waals surface area contributed by atoms with E-state index in [0.717, 1.165) is 64.1 Å². The van der Waals surface area contributed by atoms with Crippen molar-refractivity contribution in [1.82, 2.24) is 20.2 Å². The average molecular weight is 278 g/mol. The number of imidazole rings is 1. The smallest absolute Gasteiger partial charge is 0.223 e. The van der Waals surface area contributed by atoms with Crippen molar-refractivity contribution in [2.45, 2.75) is 45.6 Å². The minimum absolute atomic E-state index is 0.199. The molecule has 1 fully saturated rings. The van der Waals surface area contributed by atoms with Crippen molar-refractivity contribution in [3.8, 4) is 0 Å². The number of rotatable bonds is 6. The maximum atomic E-state index is 12.1. The number of aromatic nitrogens is 2. The highest BCUT2D eigenvalue weighted by molar-refractivity contribution is 5.78. The van der Waals surface area contributed by atoms with E-state index in [0.29, 0.717) is 0 Å². The number of aryl methyl sites for hydroxylation is 2. The van der Waals surface area contributed by atoms with Crippen molar-refractivity contribution >= 4 is 5.91 Å². The van der Waals surface area contributed by atoms with Crippen LogP contribution in [0.15, 0.2) is 12.4 Å². The standard InChI is InChI=1S/C15H26N4O/c1-2-14-17-10-12-19(14)11-4-8-18-15(20)13-5-3-7-16-9-6-13/h10,12-13,16H,2-9,11H2,1H3,(H,18,20)/t13-/m0/s1. The summed E-state index contributed by atoms with van der Waals surface area (Å²) in [5.74, 6) is 1.55. The minimum atomic E-state index is 0.199. The fourth-order valence-corrected chi connectivity index (χ4v) is 2.74. The Balaban J connectivity index is 1.66. The van der Waals surface area contributed by atoms with E-state index in [4.69, 9.17) is 0 Å². The van der Waals surface area contributed by atoms with Crippen LogP contribution in [0.25, 0.3) is 0 Å². The molecule has 2 rings (SSSR count). The number of nitrogens with zero attached hydrogens (tertiary/aromatic N) is 2. The molecular weight excluding hydrogens is 252 g/mol. The van der Waals surface area contributed by atoms with Crippen molar-refractivity contribution < 1.29 is 4.79 Å². The van der Waals surface area contributed by atoms with E-state index in [-0.39, 0.29) is 11.8 Å². The second kappa shape index (κ2) is 8.04. The first-order chi connectivity index (χ1) is 9.81. The number of nitrogens with one attached hydrogen (secondary N) is 2. The quantitative estimate of drug-likeness (QED) is 0.772. The van der Waals surface area contributed by atoms with Gasteiger partial charge in [0.2, 0.25) is 5.91 Å². The first kappa shape index (κ1) is 15.0. The van der Waals surface area contributed by atoms with Gasteiger partial charge in [-0.3, -0.25) is 4.79 Å². The minimum Gasteiger partial charge on any atom is -0.356 e. The lowest BCUT2D eigenvalue weighted by atomic mass is 10.00.